The highest BCUT2D eigenvalue weighted by Gasteiger charge is 2.13. The zero-order valence-electron chi connectivity index (χ0n) is 11.1. The van der Waals surface area contributed by atoms with E-state index >= 15 is 0 Å². The number of halogens is 1. The van der Waals surface area contributed by atoms with E-state index in [0.29, 0.717) is 0 Å². The first-order valence-electron chi connectivity index (χ1n) is 5.85. The molecule has 0 spiro atoms. The van der Waals surface area contributed by atoms with Crippen molar-refractivity contribution in [3.8, 4) is 0 Å². The molecule has 112 valence electrons. The smallest absolute Gasteiger partial charge is 0.335 e. The standard InChI is InChI=1S/C12H16ClNO5S/c1-8(2)19-3-4-20(17,18)14-11-6-9(12(15)16)5-10(13)7-11/h5-8,14H,3-4H2,1-2H3,(H,15,16). The maximum absolute atomic E-state index is 11.8. The van der Waals surface area contributed by atoms with Gasteiger partial charge < -0.3 is 9.84 Å². The quantitative estimate of drug-likeness (QED) is 0.803. The van der Waals surface area contributed by atoms with Gasteiger partial charge in [0.2, 0.25) is 10.0 Å². The molecule has 20 heavy (non-hydrogen) atoms. The van der Waals surface area contributed by atoms with Gasteiger partial charge in [0.25, 0.3) is 0 Å². The molecule has 6 nitrogen and oxygen atoms in total. The van der Waals surface area contributed by atoms with Crippen LogP contribution in [0.25, 0.3) is 0 Å². The average molecular weight is 322 g/mol. The zero-order valence-corrected chi connectivity index (χ0v) is 12.7. The van der Waals surface area contributed by atoms with Gasteiger partial charge in [-0.15, -0.1) is 0 Å². The fourth-order valence-corrected chi connectivity index (χ4v) is 2.53. The van der Waals surface area contributed by atoms with Crippen molar-refractivity contribution in [2.75, 3.05) is 17.1 Å². The number of sulfonamides is 1. The number of hydrogen-bond acceptors (Lipinski definition) is 4. The summed E-state index contributed by atoms with van der Waals surface area (Å²) >= 11 is 5.75. The first-order valence-corrected chi connectivity index (χ1v) is 7.88. The number of aromatic carboxylic acids is 1. The van der Waals surface area contributed by atoms with Gasteiger partial charge in [0, 0.05) is 5.02 Å². The Morgan fingerprint density at radius 2 is 2.05 bits per heavy atom. The summed E-state index contributed by atoms with van der Waals surface area (Å²) in [6, 6.07) is 3.79. The molecule has 0 saturated carbocycles. The number of ether oxygens (including phenoxy) is 1. The van der Waals surface area contributed by atoms with Crippen molar-refractivity contribution in [1.29, 1.82) is 0 Å². The first-order chi connectivity index (χ1) is 9.19. The van der Waals surface area contributed by atoms with Gasteiger partial charge in [-0.05, 0) is 32.0 Å². The summed E-state index contributed by atoms with van der Waals surface area (Å²) in [5, 5.41) is 9.02. The summed E-state index contributed by atoms with van der Waals surface area (Å²) in [7, 11) is -3.62. The van der Waals surface area contributed by atoms with Crippen molar-refractivity contribution in [1.82, 2.24) is 0 Å². The maximum atomic E-state index is 11.8. The second-order valence-electron chi connectivity index (χ2n) is 4.37. The summed E-state index contributed by atoms with van der Waals surface area (Å²) in [5.41, 5.74) is 0.0214. The van der Waals surface area contributed by atoms with E-state index in [0.717, 1.165) is 0 Å². The molecule has 2 N–H and O–H groups in total. The Balaban J connectivity index is 2.79. The van der Waals surface area contributed by atoms with E-state index in [2.05, 4.69) is 4.72 Å². The van der Waals surface area contributed by atoms with Gasteiger partial charge in [0.05, 0.1) is 29.7 Å². The van der Waals surface area contributed by atoms with Crippen LogP contribution in [-0.4, -0.2) is 38.0 Å². The zero-order chi connectivity index (χ0) is 15.3. The first kappa shape index (κ1) is 16.7. The summed E-state index contributed by atoms with van der Waals surface area (Å²) in [5.74, 6) is -1.41. The molecule has 0 amide bonds. The molecule has 1 aromatic rings. The van der Waals surface area contributed by atoms with Crippen LogP contribution in [0.4, 0.5) is 5.69 Å². The van der Waals surface area contributed by atoms with Gasteiger partial charge in [-0.3, -0.25) is 4.72 Å². The molecule has 8 heteroatoms. The maximum Gasteiger partial charge on any atom is 0.335 e. The number of carboxylic acid groups (broad SMARTS) is 1. The van der Waals surface area contributed by atoms with Crippen LogP contribution in [0.15, 0.2) is 18.2 Å². The van der Waals surface area contributed by atoms with Crippen LogP contribution in [0.1, 0.15) is 24.2 Å². The number of rotatable bonds is 7. The number of benzene rings is 1. The minimum absolute atomic E-state index is 0.0549. The Labute approximate surface area is 122 Å². The second-order valence-corrected chi connectivity index (χ2v) is 6.65. The highest BCUT2D eigenvalue weighted by molar-refractivity contribution is 7.92. The molecule has 0 heterocycles. The van der Waals surface area contributed by atoms with Crippen molar-refractivity contribution in [3.63, 3.8) is 0 Å². The SMILES string of the molecule is CC(C)OCCS(=O)(=O)Nc1cc(Cl)cc(C(=O)O)c1. The Morgan fingerprint density at radius 3 is 2.60 bits per heavy atom. The van der Waals surface area contributed by atoms with Crippen molar-refractivity contribution in [2.45, 2.75) is 20.0 Å². The molecular weight excluding hydrogens is 306 g/mol. The van der Waals surface area contributed by atoms with E-state index in [1.807, 2.05) is 0 Å². The van der Waals surface area contributed by atoms with Gasteiger partial charge in [-0.1, -0.05) is 11.6 Å². The monoisotopic (exact) mass is 321 g/mol. The van der Waals surface area contributed by atoms with Crippen LogP contribution in [0.5, 0.6) is 0 Å². The molecule has 0 aliphatic rings. The molecule has 0 aromatic heterocycles. The molecule has 1 rings (SSSR count). The summed E-state index contributed by atoms with van der Waals surface area (Å²) in [6.45, 7) is 3.66. The molecule has 0 saturated heterocycles. The third-order valence-corrected chi connectivity index (χ3v) is 3.69. The average Bonchev–Trinajstić information content (AvgIpc) is 2.26. The fourth-order valence-electron chi connectivity index (χ4n) is 1.40. The number of hydrogen-bond donors (Lipinski definition) is 2. The van der Waals surface area contributed by atoms with Crippen LogP contribution in [0.2, 0.25) is 5.02 Å². The minimum Gasteiger partial charge on any atom is -0.478 e. The Kier molecular flexibility index (Phi) is 5.79. The predicted molar refractivity (Wildman–Crippen MR) is 76.9 cm³/mol. The molecule has 0 fully saturated rings. The van der Waals surface area contributed by atoms with Crippen LogP contribution >= 0.6 is 11.6 Å². The Bertz CT molecular complexity index is 586. The Hall–Kier alpha value is -1.31. The van der Waals surface area contributed by atoms with Gasteiger partial charge in [-0.25, -0.2) is 13.2 Å². The van der Waals surface area contributed by atoms with Crippen LogP contribution in [-0.2, 0) is 14.8 Å². The lowest BCUT2D eigenvalue weighted by Gasteiger charge is -2.11. The molecule has 0 radical (unpaired) electrons. The van der Waals surface area contributed by atoms with Gasteiger partial charge in [0.1, 0.15) is 0 Å². The number of anilines is 1. The van der Waals surface area contributed by atoms with E-state index < -0.39 is 16.0 Å². The highest BCUT2D eigenvalue weighted by atomic mass is 35.5. The fraction of sp³-hybridized carbons (Fsp3) is 0.417. The molecular formula is C12H16ClNO5S. The second kappa shape index (κ2) is 6.92. The van der Waals surface area contributed by atoms with Crippen molar-refractivity contribution in [2.24, 2.45) is 0 Å². The molecule has 0 aliphatic carbocycles. The number of nitrogens with one attached hydrogen (secondary N) is 1. The van der Waals surface area contributed by atoms with Gasteiger partial charge >= 0.3 is 5.97 Å². The van der Waals surface area contributed by atoms with E-state index in [1.54, 1.807) is 13.8 Å². The van der Waals surface area contributed by atoms with Crippen molar-refractivity contribution in [3.05, 3.63) is 28.8 Å². The van der Waals surface area contributed by atoms with Crippen LogP contribution in [0.3, 0.4) is 0 Å². The van der Waals surface area contributed by atoms with E-state index in [1.165, 1.54) is 18.2 Å². The molecule has 0 atom stereocenters. The van der Waals surface area contributed by atoms with Gasteiger partial charge in [-0.2, -0.15) is 0 Å². The van der Waals surface area contributed by atoms with Crippen LogP contribution in [0, 0.1) is 0 Å². The summed E-state index contributed by atoms with van der Waals surface area (Å²) in [4.78, 5) is 10.9. The van der Waals surface area contributed by atoms with Crippen LogP contribution < -0.4 is 4.72 Å². The van der Waals surface area contributed by atoms with Gasteiger partial charge in [0.15, 0.2) is 0 Å². The molecule has 0 unspecified atom stereocenters. The van der Waals surface area contributed by atoms with E-state index in [-0.39, 0.29) is 34.7 Å². The lowest BCUT2D eigenvalue weighted by atomic mass is 10.2. The Morgan fingerprint density at radius 1 is 1.40 bits per heavy atom. The largest absolute Gasteiger partial charge is 0.478 e. The third kappa shape index (κ3) is 5.77. The minimum atomic E-state index is -3.62. The van der Waals surface area contributed by atoms with E-state index in [9.17, 15) is 13.2 Å². The number of carbonyl (C=O) groups is 1. The van der Waals surface area contributed by atoms with Crippen molar-refractivity contribution < 1.29 is 23.1 Å². The molecule has 0 aliphatic heterocycles. The predicted octanol–water partition coefficient (Wildman–Crippen LogP) is 2.20. The number of carboxylic acids is 1. The summed E-state index contributed by atoms with van der Waals surface area (Å²) in [6.07, 6.45) is -0.0602. The topological polar surface area (TPSA) is 92.7 Å². The molecule has 0 bridgehead atoms. The molecule has 1 aromatic carbocycles. The highest BCUT2D eigenvalue weighted by Crippen LogP contribution is 2.20. The lowest BCUT2D eigenvalue weighted by Crippen LogP contribution is -2.21. The normalized spacial score (nSPS) is 11.6. The lowest BCUT2D eigenvalue weighted by molar-refractivity contribution is 0.0696. The third-order valence-electron chi connectivity index (χ3n) is 2.22. The van der Waals surface area contributed by atoms with Crippen molar-refractivity contribution >= 4 is 33.3 Å². The summed E-state index contributed by atoms with van der Waals surface area (Å²) < 4.78 is 31.0. The van der Waals surface area contributed by atoms with E-state index in [4.69, 9.17) is 21.4 Å².